The van der Waals surface area contributed by atoms with Crippen LogP contribution in [0, 0.1) is 0 Å². The van der Waals surface area contributed by atoms with Crippen LogP contribution in [-0.4, -0.2) is 30.6 Å². The Balaban J connectivity index is 1.20. The molecular formula is C32H31N3O5S. The number of fused-ring (bicyclic) bond motifs is 2. The molecule has 3 aromatic carbocycles. The Morgan fingerprint density at radius 1 is 0.951 bits per heavy atom. The van der Waals surface area contributed by atoms with Gasteiger partial charge < -0.3 is 14.8 Å². The van der Waals surface area contributed by atoms with Crippen molar-refractivity contribution in [3.8, 4) is 5.75 Å². The van der Waals surface area contributed by atoms with E-state index < -0.39 is 17.8 Å². The first-order valence-corrected chi connectivity index (χ1v) is 14.5. The second-order valence-electron chi connectivity index (χ2n) is 9.64. The van der Waals surface area contributed by atoms with Gasteiger partial charge in [0, 0.05) is 4.88 Å². The van der Waals surface area contributed by atoms with Crippen molar-refractivity contribution < 1.29 is 23.9 Å². The Bertz CT molecular complexity index is 1600. The number of hydrazone groups is 1. The summed E-state index contributed by atoms with van der Waals surface area (Å²) in [5.74, 6) is -1.68. The molecule has 5 rings (SSSR count). The lowest BCUT2D eigenvalue weighted by Gasteiger charge is -2.09. The molecule has 2 amide bonds. The van der Waals surface area contributed by atoms with Crippen LogP contribution in [0.15, 0.2) is 71.8 Å². The monoisotopic (exact) mass is 569 g/mol. The summed E-state index contributed by atoms with van der Waals surface area (Å²) in [4.78, 5) is 38.9. The van der Waals surface area contributed by atoms with Gasteiger partial charge in [-0.3, -0.25) is 9.59 Å². The average Bonchev–Trinajstić information content (AvgIpc) is 3.16. The van der Waals surface area contributed by atoms with E-state index >= 15 is 0 Å². The zero-order chi connectivity index (χ0) is 28.6. The number of thiophene rings is 1. The molecule has 0 bridgehead atoms. The fourth-order valence-corrected chi connectivity index (χ4v) is 6.16. The second-order valence-corrected chi connectivity index (χ2v) is 10.7. The molecule has 8 nitrogen and oxygen atoms in total. The average molecular weight is 570 g/mol. The highest BCUT2D eigenvalue weighted by atomic mass is 32.1. The molecule has 41 heavy (non-hydrogen) atoms. The van der Waals surface area contributed by atoms with Crippen molar-refractivity contribution in [1.82, 2.24) is 5.43 Å². The number of benzene rings is 3. The predicted octanol–water partition coefficient (Wildman–Crippen LogP) is 6.01. The second kappa shape index (κ2) is 13.2. The van der Waals surface area contributed by atoms with Crippen LogP contribution in [0.4, 0.5) is 5.00 Å². The van der Waals surface area contributed by atoms with E-state index in [-0.39, 0.29) is 6.61 Å². The molecule has 1 heterocycles. The van der Waals surface area contributed by atoms with Crippen molar-refractivity contribution in [3.05, 3.63) is 93.9 Å². The van der Waals surface area contributed by atoms with Crippen LogP contribution < -0.4 is 15.5 Å². The van der Waals surface area contributed by atoms with E-state index in [1.54, 1.807) is 13.0 Å². The lowest BCUT2D eigenvalue weighted by atomic mass is 10.1. The number of carbonyl (C=O) groups is 3. The summed E-state index contributed by atoms with van der Waals surface area (Å²) in [7, 11) is 0. The van der Waals surface area contributed by atoms with E-state index in [9.17, 15) is 14.4 Å². The Hall–Kier alpha value is -4.50. The number of carbonyl (C=O) groups excluding carboxylic acids is 3. The molecule has 0 saturated carbocycles. The molecule has 9 heteroatoms. The minimum atomic E-state index is -0.942. The van der Waals surface area contributed by atoms with Crippen molar-refractivity contribution in [2.75, 3.05) is 11.9 Å². The highest BCUT2D eigenvalue weighted by Gasteiger charge is 2.27. The summed E-state index contributed by atoms with van der Waals surface area (Å²) in [5.41, 5.74) is 5.30. The minimum Gasteiger partial charge on any atom is -0.489 e. The number of anilines is 1. The van der Waals surface area contributed by atoms with Crippen molar-refractivity contribution >= 4 is 51.1 Å². The smallest absolute Gasteiger partial charge is 0.341 e. The van der Waals surface area contributed by atoms with Gasteiger partial charge in [0.05, 0.1) is 18.4 Å². The molecule has 0 saturated heterocycles. The van der Waals surface area contributed by atoms with Gasteiger partial charge in [-0.1, -0.05) is 61.0 Å². The third-order valence-electron chi connectivity index (χ3n) is 6.85. The zero-order valence-corrected chi connectivity index (χ0v) is 23.6. The standard InChI is InChI=1S/C32H31N3O5S/c1-2-39-32(38)28-26-16-4-3-5-17-27(26)41-31(28)34-29(36)30(37)35-33-19-21-10-8-14-24(18-21)40-20-23-13-9-12-22-11-6-7-15-25(22)23/h6-15,18-19H,2-5,16-17,20H2,1H3,(H,34,36)(H,35,37)/b33-19+. The van der Waals surface area contributed by atoms with Gasteiger partial charge >= 0.3 is 17.8 Å². The first kappa shape index (κ1) is 28.0. The zero-order valence-electron chi connectivity index (χ0n) is 22.8. The summed E-state index contributed by atoms with van der Waals surface area (Å²) >= 11 is 1.34. The van der Waals surface area contributed by atoms with Crippen molar-refractivity contribution in [3.63, 3.8) is 0 Å². The van der Waals surface area contributed by atoms with Gasteiger partial charge in [-0.2, -0.15) is 5.10 Å². The number of hydrogen-bond acceptors (Lipinski definition) is 7. The van der Waals surface area contributed by atoms with Crippen molar-refractivity contribution in [1.29, 1.82) is 0 Å². The van der Waals surface area contributed by atoms with Gasteiger partial charge in [0.15, 0.2) is 0 Å². The van der Waals surface area contributed by atoms with Crippen molar-refractivity contribution in [2.45, 2.75) is 45.6 Å². The molecule has 1 aliphatic carbocycles. The predicted molar refractivity (Wildman–Crippen MR) is 161 cm³/mol. The normalized spacial score (nSPS) is 12.9. The highest BCUT2D eigenvalue weighted by Crippen LogP contribution is 2.38. The van der Waals surface area contributed by atoms with E-state index in [0.717, 1.165) is 58.9 Å². The molecule has 210 valence electrons. The van der Waals surface area contributed by atoms with Gasteiger partial charge in [0.1, 0.15) is 17.4 Å². The van der Waals surface area contributed by atoms with Crippen LogP contribution >= 0.6 is 11.3 Å². The van der Waals surface area contributed by atoms with E-state index in [2.05, 4.69) is 34.0 Å². The molecule has 0 radical (unpaired) electrons. The first-order chi connectivity index (χ1) is 20.0. The van der Waals surface area contributed by atoms with E-state index in [1.807, 2.05) is 42.5 Å². The molecule has 1 aromatic heterocycles. The number of ether oxygens (including phenoxy) is 2. The number of aryl methyl sites for hydroxylation is 1. The molecule has 4 aromatic rings. The molecule has 0 atom stereocenters. The fraction of sp³-hybridized carbons (Fsp3) is 0.250. The third-order valence-corrected chi connectivity index (χ3v) is 8.05. The van der Waals surface area contributed by atoms with E-state index in [4.69, 9.17) is 9.47 Å². The maximum atomic E-state index is 12.7. The minimum absolute atomic E-state index is 0.224. The van der Waals surface area contributed by atoms with Crippen LogP contribution in [0.1, 0.15) is 58.1 Å². The number of nitrogens with zero attached hydrogens (tertiary/aromatic N) is 1. The molecule has 0 spiro atoms. The number of esters is 1. The molecule has 0 fully saturated rings. The number of amides is 2. The summed E-state index contributed by atoms with van der Waals surface area (Å²) in [6.07, 6.45) is 6.10. The summed E-state index contributed by atoms with van der Waals surface area (Å²) < 4.78 is 11.3. The van der Waals surface area contributed by atoms with Crippen molar-refractivity contribution in [2.24, 2.45) is 5.10 Å². The van der Waals surface area contributed by atoms with Gasteiger partial charge in [0.25, 0.3) is 0 Å². The molecule has 1 aliphatic rings. The number of rotatable bonds is 8. The molecule has 0 unspecified atom stereocenters. The van der Waals surface area contributed by atoms with Crippen LogP contribution in [-0.2, 0) is 33.8 Å². The Labute approximate surface area is 242 Å². The third kappa shape index (κ3) is 6.81. The van der Waals surface area contributed by atoms with Gasteiger partial charge in [0.2, 0.25) is 0 Å². The molecular weight excluding hydrogens is 538 g/mol. The lowest BCUT2D eigenvalue weighted by molar-refractivity contribution is -0.136. The molecule has 0 aliphatic heterocycles. The van der Waals surface area contributed by atoms with Gasteiger partial charge in [-0.15, -0.1) is 11.3 Å². The maximum absolute atomic E-state index is 12.7. The maximum Gasteiger partial charge on any atom is 0.341 e. The van der Waals surface area contributed by atoms with E-state index in [1.165, 1.54) is 17.6 Å². The summed E-state index contributed by atoms with van der Waals surface area (Å²) in [6, 6.07) is 21.5. The van der Waals surface area contributed by atoms with Gasteiger partial charge in [-0.25, -0.2) is 10.2 Å². The highest BCUT2D eigenvalue weighted by molar-refractivity contribution is 7.17. The Morgan fingerprint density at radius 2 is 1.76 bits per heavy atom. The number of hydrogen-bond donors (Lipinski definition) is 2. The van der Waals surface area contributed by atoms with Gasteiger partial charge in [-0.05, 0) is 72.2 Å². The first-order valence-electron chi connectivity index (χ1n) is 13.7. The summed E-state index contributed by atoms with van der Waals surface area (Å²) in [6.45, 7) is 2.36. The number of nitrogens with one attached hydrogen (secondary N) is 2. The van der Waals surface area contributed by atoms with Crippen LogP contribution in [0.2, 0.25) is 0 Å². The topological polar surface area (TPSA) is 106 Å². The van der Waals surface area contributed by atoms with Crippen LogP contribution in [0.3, 0.4) is 0 Å². The largest absolute Gasteiger partial charge is 0.489 e. The Kier molecular flexibility index (Phi) is 9.05. The molecule has 2 N–H and O–H groups in total. The summed E-state index contributed by atoms with van der Waals surface area (Å²) in [5, 5.41) is 9.18. The lowest BCUT2D eigenvalue weighted by Crippen LogP contribution is -2.32. The van der Waals surface area contributed by atoms with Crippen LogP contribution in [0.25, 0.3) is 10.8 Å². The van der Waals surface area contributed by atoms with E-state index in [0.29, 0.717) is 28.5 Å². The van der Waals surface area contributed by atoms with Crippen LogP contribution in [0.5, 0.6) is 5.75 Å². The SMILES string of the molecule is CCOC(=O)c1c(NC(=O)C(=O)N/N=C/c2cccc(OCc3cccc4ccccc34)c2)sc2c1CCCCC2. The fourth-order valence-electron chi connectivity index (χ4n) is 4.89. The Morgan fingerprint density at radius 3 is 2.63 bits per heavy atom. The quantitative estimate of drug-likeness (QED) is 0.0888.